The molecule has 1 aromatic heterocycles. The van der Waals surface area contributed by atoms with Gasteiger partial charge in [0.15, 0.2) is 0 Å². The fourth-order valence-electron chi connectivity index (χ4n) is 2.38. The lowest BCUT2D eigenvalue weighted by Crippen LogP contribution is -2.39. The van der Waals surface area contributed by atoms with Crippen LogP contribution >= 0.6 is 0 Å². The van der Waals surface area contributed by atoms with Gasteiger partial charge >= 0.3 is 11.4 Å². The molecule has 1 saturated heterocycles. The Labute approximate surface area is 91.3 Å². The summed E-state index contributed by atoms with van der Waals surface area (Å²) in [5, 5.41) is 0. The Morgan fingerprint density at radius 1 is 1.50 bits per heavy atom. The second-order valence-corrected chi connectivity index (χ2v) is 4.37. The molecule has 2 atom stereocenters. The van der Waals surface area contributed by atoms with Crippen LogP contribution in [0.5, 0.6) is 0 Å². The SMILES string of the molecule is O=c1nc2n(c(=O)[nH]1)C(CC1CO1)CCC2. The summed E-state index contributed by atoms with van der Waals surface area (Å²) in [6, 6.07) is 0.132. The lowest BCUT2D eigenvalue weighted by atomic mass is 10.0. The summed E-state index contributed by atoms with van der Waals surface area (Å²) in [4.78, 5) is 28.9. The fourth-order valence-corrected chi connectivity index (χ4v) is 2.38. The van der Waals surface area contributed by atoms with E-state index in [1.54, 1.807) is 4.57 Å². The molecule has 1 fully saturated rings. The summed E-state index contributed by atoms with van der Waals surface area (Å²) in [6.45, 7) is 0.789. The van der Waals surface area contributed by atoms with Gasteiger partial charge in [0.25, 0.3) is 0 Å². The van der Waals surface area contributed by atoms with Gasteiger partial charge in [0, 0.05) is 12.5 Å². The first-order valence-electron chi connectivity index (χ1n) is 5.57. The van der Waals surface area contributed by atoms with Crippen molar-refractivity contribution in [3.8, 4) is 0 Å². The summed E-state index contributed by atoms with van der Waals surface area (Å²) < 4.78 is 6.81. The Kier molecular flexibility index (Phi) is 2.17. The number of hydrogen-bond donors (Lipinski definition) is 1. The maximum atomic E-state index is 11.7. The van der Waals surface area contributed by atoms with E-state index in [4.69, 9.17) is 4.74 Å². The molecule has 3 heterocycles. The third-order valence-corrected chi connectivity index (χ3v) is 3.18. The number of fused-ring (bicyclic) bond motifs is 1. The lowest BCUT2D eigenvalue weighted by molar-refractivity contribution is 0.301. The molecule has 2 unspecified atom stereocenters. The van der Waals surface area contributed by atoms with Gasteiger partial charge in [-0.2, -0.15) is 4.98 Å². The second-order valence-electron chi connectivity index (χ2n) is 4.37. The van der Waals surface area contributed by atoms with Crippen LogP contribution in [0.1, 0.15) is 31.1 Å². The summed E-state index contributed by atoms with van der Waals surface area (Å²) in [7, 11) is 0. The molecular weight excluding hydrogens is 210 g/mol. The molecule has 6 heteroatoms. The summed E-state index contributed by atoms with van der Waals surface area (Å²) in [6.07, 6.45) is 3.78. The molecular formula is C10H13N3O3. The van der Waals surface area contributed by atoms with Crippen molar-refractivity contribution in [1.29, 1.82) is 0 Å². The highest BCUT2D eigenvalue weighted by atomic mass is 16.6. The average molecular weight is 223 g/mol. The van der Waals surface area contributed by atoms with E-state index in [0.29, 0.717) is 12.2 Å². The number of hydrogen-bond acceptors (Lipinski definition) is 4. The Balaban J connectivity index is 2.02. The van der Waals surface area contributed by atoms with Crippen molar-refractivity contribution >= 4 is 0 Å². The van der Waals surface area contributed by atoms with Crippen molar-refractivity contribution < 1.29 is 4.74 Å². The van der Waals surface area contributed by atoms with Crippen LogP contribution in [0, 0.1) is 0 Å². The normalized spacial score (nSPS) is 27.5. The maximum Gasteiger partial charge on any atom is 0.350 e. The Bertz CT molecular complexity index is 515. The quantitative estimate of drug-likeness (QED) is 0.692. The van der Waals surface area contributed by atoms with Crippen molar-refractivity contribution in [3.05, 3.63) is 26.8 Å². The zero-order valence-electron chi connectivity index (χ0n) is 8.81. The van der Waals surface area contributed by atoms with Crippen LogP contribution < -0.4 is 11.4 Å². The first kappa shape index (κ1) is 9.77. The van der Waals surface area contributed by atoms with E-state index in [-0.39, 0.29) is 17.8 Å². The highest BCUT2D eigenvalue weighted by Crippen LogP contribution is 2.29. The first-order chi connectivity index (χ1) is 7.74. The first-order valence-corrected chi connectivity index (χ1v) is 5.57. The molecule has 6 nitrogen and oxygen atoms in total. The van der Waals surface area contributed by atoms with E-state index in [1.165, 1.54) is 0 Å². The van der Waals surface area contributed by atoms with Crippen molar-refractivity contribution in [1.82, 2.24) is 14.5 Å². The molecule has 0 radical (unpaired) electrons. The monoisotopic (exact) mass is 223 g/mol. The molecule has 2 aliphatic heterocycles. The molecule has 0 amide bonds. The number of aromatic nitrogens is 3. The lowest BCUT2D eigenvalue weighted by Gasteiger charge is -2.25. The minimum Gasteiger partial charge on any atom is -0.373 e. The molecule has 0 bridgehead atoms. The van der Waals surface area contributed by atoms with E-state index in [2.05, 4.69) is 9.97 Å². The van der Waals surface area contributed by atoms with Gasteiger partial charge in [-0.15, -0.1) is 0 Å². The van der Waals surface area contributed by atoms with Crippen molar-refractivity contribution in [2.75, 3.05) is 6.61 Å². The number of H-pyrrole nitrogens is 1. The third kappa shape index (κ3) is 1.69. The van der Waals surface area contributed by atoms with Crippen LogP contribution in [0.15, 0.2) is 9.59 Å². The molecule has 2 aliphatic rings. The predicted octanol–water partition coefficient (Wildman–Crippen LogP) is -0.402. The molecule has 16 heavy (non-hydrogen) atoms. The van der Waals surface area contributed by atoms with Gasteiger partial charge in [-0.05, 0) is 19.3 Å². The van der Waals surface area contributed by atoms with Crippen molar-refractivity contribution in [3.63, 3.8) is 0 Å². The van der Waals surface area contributed by atoms with Gasteiger partial charge in [0.1, 0.15) is 5.82 Å². The molecule has 0 aromatic carbocycles. The Hall–Kier alpha value is -1.43. The van der Waals surface area contributed by atoms with Crippen molar-refractivity contribution in [2.45, 2.75) is 37.8 Å². The van der Waals surface area contributed by atoms with Gasteiger partial charge in [0.05, 0.1) is 12.7 Å². The van der Waals surface area contributed by atoms with E-state index >= 15 is 0 Å². The van der Waals surface area contributed by atoms with E-state index in [1.807, 2.05) is 0 Å². The highest BCUT2D eigenvalue weighted by Gasteiger charge is 2.31. The minimum absolute atomic E-state index is 0.132. The van der Waals surface area contributed by atoms with Gasteiger partial charge in [-0.25, -0.2) is 9.59 Å². The van der Waals surface area contributed by atoms with E-state index < -0.39 is 5.69 Å². The number of epoxide rings is 1. The molecule has 3 rings (SSSR count). The van der Waals surface area contributed by atoms with Crippen LogP contribution in [-0.2, 0) is 11.2 Å². The zero-order valence-corrected chi connectivity index (χ0v) is 8.81. The van der Waals surface area contributed by atoms with Gasteiger partial charge < -0.3 is 4.74 Å². The summed E-state index contributed by atoms with van der Waals surface area (Å²) >= 11 is 0. The zero-order chi connectivity index (χ0) is 11.1. The number of aryl methyl sites for hydroxylation is 1. The predicted molar refractivity (Wildman–Crippen MR) is 55.4 cm³/mol. The molecule has 0 aliphatic carbocycles. The molecule has 86 valence electrons. The van der Waals surface area contributed by atoms with Crippen LogP contribution in [0.25, 0.3) is 0 Å². The molecule has 0 spiro atoms. The largest absolute Gasteiger partial charge is 0.373 e. The van der Waals surface area contributed by atoms with E-state index in [0.717, 1.165) is 25.9 Å². The van der Waals surface area contributed by atoms with Gasteiger partial charge in [0.2, 0.25) is 0 Å². The van der Waals surface area contributed by atoms with E-state index in [9.17, 15) is 9.59 Å². The maximum absolute atomic E-state index is 11.7. The number of nitrogens with one attached hydrogen (secondary N) is 1. The second kappa shape index (κ2) is 3.55. The Morgan fingerprint density at radius 3 is 3.06 bits per heavy atom. The van der Waals surface area contributed by atoms with Crippen LogP contribution in [0.4, 0.5) is 0 Å². The summed E-state index contributed by atoms with van der Waals surface area (Å²) in [5.41, 5.74) is -0.875. The van der Waals surface area contributed by atoms with Crippen LogP contribution in [0.3, 0.4) is 0 Å². The number of ether oxygens (including phenoxy) is 1. The molecule has 1 aromatic rings. The third-order valence-electron chi connectivity index (χ3n) is 3.18. The van der Waals surface area contributed by atoms with Gasteiger partial charge in [-0.3, -0.25) is 9.55 Å². The minimum atomic E-state index is -0.542. The fraction of sp³-hybridized carbons (Fsp3) is 0.700. The summed E-state index contributed by atoms with van der Waals surface area (Å²) in [5.74, 6) is 0.616. The average Bonchev–Trinajstić information content (AvgIpc) is 3.00. The number of rotatable bonds is 2. The highest BCUT2D eigenvalue weighted by molar-refractivity contribution is 4.96. The van der Waals surface area contributed by atoms with Crippen LogP contribution in [-0.4, -0.2) is 27.2 Å². The Morgan fingerprint density at radius 2 is 2.31 bits per heavy atom. The standard InChI is InChI=1S/C10H13N3O3/c14-9-11-8-3-1-2-6(4-7-5-16-7)13(8)10(15)12-9/h6-7H,1-5H2,(H,12,14,15). The number of aromatic amines is 1. The topological polar surface area (TPSA) is 80.3 Å². The van der Waals surface area contributed by atoms with Crippen LogP contribution in [0.2, 0.25) is 0 Å². The molecule has 1 N–H and O–H groups in total. The number of nitrogens with zero attached hydrogens (tertiary/aromatic N) is 2. The molecule has 0 saturated carbocycles. The smallest absolute Gasteiger partial charge is 0.350 e. The van der Waals surface area contributed by atoms with Gasteiger partial charge in [-0.1, -0.05) is 0 Å². The van der Waals surface area contributed by atoms with Crippen molar-refractivity contribution in [2.24, 2.45) is 0 Å².